The average Bonchev–Trinajstić information content (AvgIpc) is 2.18. The van der Waals surface area contributed by atoms with Gasteiger partial charge in [0.15, 0.2) is 0 Å². The second-order valence-corrected chi connectivity index (χ2v) is 2.70. The van der Waals surface area contributed by atoms with E-state index in [2.05, 4.69) is 4.99 Å². The zero-order chi connectivity index (χ0) is 9.68. The van der Waals surface area contributed by atoms with Crippen LogP contribution in [-0.2, 0) is 6.42 Å². The monoisotopic (exact) mass is 178 g/mol. The van der Waals surface area contributed by atoms with Crippen LogP contribution >= 0.6 is 0 Å². The van der Waals surface area contributed by atoms with E-state index in [0.717, 1.165) is 11.3 Å². The molecule has 0 aliphatic carbocycles. The Bertz CT molecular complexity index is 308. The quantitative estimate of drug-likeness (QED) is 0.559. The first-order chi connectivity index (χ1) is 6.27. The van der Waals surface area contributed by atoms with Gasteiger partial charge in [0.1, 0.15) is 5.75 Å². The number of hydrogen-bond donors (Lipinski definition) is 1. The van der Waals surface area contributed by atoms with Crippen molar-refractivity contribution in [2.24, 2.45) is 10.7 Å². The van der Waals surface area contributed by atoms with Crippen LogP contribution in [0.2, 0.25) is 0 Å². The molecule has 0 heterocycles. The first-order valence-electron chi connectivity index (χ1n) is 4.11. The molecule has 0 spiro atoms. The highest BCUT2D eigenvalue weighted by molar-refractivity contribution is 5.83. The Morgan fingerprint density at radius 2 is 2.15 bits per heavy atom. The van der Waals surface area contributed by atoms with Crippen LogP contribution in [-0.4, -0.2) is 20.0 Å². The lowest BCUT2D eigenvalue weighted by molar-refractivity contribution is 0.411. The fourth-order valence-corrected chi connectivity index (χ4v) is 1.12. The van der Waals surface area contributed by atoms with Gasteiger partial charge >= 0.3 is 0 Å². The molecule has 0 bridgehead atoms. The number of nitrogens with zero attached hydrogens (tertiary/aromatic N) is 1. The summed E-state index contributed by atoms with van der Waals surface area (Å²) in [7, 11) is 3.34. The van der Waals surface area contributed by atoms with Crippen LogP contribution in [0.25, 0.3) is 0 Å². The average molecular weight is 178 g/mol. The minimum Gasteiger partial charge on any atom is -0.496 e. The van der Waals surface area contributed by atoms with E-state index in [4.69, 9.17) is 10.5 Å². The van der Waals surface area contributed by atoms with Gasteiger partial charge in [-0.25, -0.2) is 0 Å². The molecule has 0 amide bonds. The van der Waals surface area contributed by atoms with E-state index in [1.54, 1.807) is 14.2 Å². The molecule has 0 aliphatic heterocycles. The topological polar surface area (TPSA) is 47.6 Å². The molecule has 3 nitrogen and oxygen atoms in total. The first-order valence-corrected chi connectivity index (χ1v) is 4.11. The molecule has 0 unspecified atom stereocenters. The lowest BCUT2D eigenvalue weighted by Crippen LogP contribution is -2.14. The molecule has 2 N–H and O–H groups in total. The third-order valence-electron chi connectivity index (χ3n) is 1.85. The molecule has 70 valence electrons. The summed E-state index contributed by atoms with van der Waals surface area (Å²) in [5.74, 6) is 1.47. The van der Waals surface area contributed by atoms with Crippen molar-refractivity contribution in [1.29, 1.82) is 0 Å². The predicted octanol–water partition coefficient (Wildman–Crippen LogP) is 1.22. The summed E-state index contributed by atoms with van der Waals surface area (Å²) in [6, 6.07) is 7.79. The molecule has 1 aromatic carbocycles. The Kier molecular flexibility index (Phi) is 3.31. The summed E-state index contributed by atoms with van der Waals surface area (Å²) < 4.78 is 5.18. The van der Waals surface area contributed by atoms with Crippen LogP contribution in [0.5, 0.6) is 5.75 Å². The number of hydrogen-bond acceptors (Lipinski definition) is 2. The molecule has 1 rings (SSSR count). The SMILES string of the molecule is CN=C(N)Cc1ccccc1OC. The van der Waals surface area contributed by atoms with Gasteiger partial charge in [-0.1, -0.05) is 18.2 Å². The second-order valence-electron chi connectivity index (χ2n) is 2.70. The Morgan fingerprint density at radius 3 is 2.77 bits per heavy atom. The molecule has 0 aromatic heterocycles. The summed E-state index contributed by atoms with van der Waals surface area (Å²) in [6.45, 7) is 0. The molecule has 13 heavy (non-hydrogen) atoms. The van der Waals surface area contributed by atoms with Crippen molar-refractivity contribution in [3.63, 3.8) is 0 Å². The Hall–Kier alpha value is -1.51. The highest BCUT2D eigenvalue weighted by atomic mass is 16.5. The van der Waals surface area contributed by atoms with Gasteiger partial charge in [0.25, 0.3) is 0 Å². The van der Waals surface area contributed by atoms with Gasteiger partial charge in [-0.3, -0.25) is 4.99 Å². The summed E-state index contributed by atoms with van der Waals surface area (Å²) in [4.78, 5) is 3.90. The molecule has 0 aliphatic rings. The molecule has 0 radical (unpaired) electrons. The summed E-state index contributed by atoms with van der Waals surface area (Å²) in [5, 5.41) is 0. The van der Waals surface area contributed by atoms with Crippen LogP contribution in [0.15, 0.2) is 29.3 Å². The molecule has 3 heteroatoms. The Labute approximate surface area is 78.2 Å². The maximum absolute atomic E-state index is 5.62. The van der Waals surface area contributed by atoms with E-state index in [-0.39, 0.29) is 0 Å². The number of nitrogens with two attached hydrogens (primary N) is 1. The van der Waals surface area contributed by atoms with E-state index >= 15 is 0 Å². The van der Waals surface area contributed by atoms with Crippen molar-refractivity contribution >= 4 is 5.84 Å². The van der Waals surface area contributed by atoms with Crippen LogP contribution in [0.3, 0.4) is 0 Å². The normalized spacial score (nSPS) is 11.4. The summed E-state index contributed by atoms with van der Waals surface area (Å²) >= 11 is 0. The molecule has 0 atom stereocenters. The van der Waals surface area contributed by atoms with Crippen molar-refractivity contribution in [3.8, 4) is 5.75 Å². The van der Waals surface area contributed by atoms with Gasteiger partial charge < -0.3 is 10.5 Å². The zero-order valence-electron chi connectivity index (χ0n) is 7.95. The largest absolute Gasteiger partial charge is 0.496 e. The maximum Gasteiger partial charge on any atom is 0.122 e. The summed E-state index contributed by atoms with van der Waals surface area (Å²) in [6.07, 6.45) is 0.639. The number of para-hydroxylation sites is 1. The highest BCUT2D eigenvalue weighted by Crippen LogP contribution is 2.17. The molecular weight excluding hydrogens is 164 g/mol. The molecule has 0 saturated carbocycles. The smallest absolute Gasteiger partial charge is 0.122 e. The molecular formula is C10H14N2O. The Morgan fingerprint density at radius 1 is 1.46 bits per heavy atom. The molecule has 0 saturated heterocycles. The fraction of sp³-hybridized carbons (Fsp3) is 0.300. The number of methoxy groups -OCH3 is 1. The number of amidine groups is 1. The standard InChI is InChI=1S/C10H14N2O/c1-12-10(11)7-8-5-3-4-6-9(8)13-2/h3-6H,7H2,1-2H3,(H2,11,12). The van der Waals surface area contributed by atoms with Gasteiger partial charge in [-0.2, -0.15) is 0 Å². The third-order valence-corrected chi connectivity index (χ3v) is 1.85. The number of rotatable bonds is 3. The van der Waals surface area contributed by atoms with E-state index in [1.807, 2.05) is 24.3 Å². The van der Waals surface area contributed by atoms with Crippen LogP contribution < -0.4 is 10.5 Å². The highest BCUT2D eigenvalue weighted by Gasteiger charge is 2.02. The van der Waals surface area contributed by atoms with Crippen LogP contribution in [0, 0.1) is 0 Å². The van der Waals surface area contributed by atoms with Crippen molar-refractivity contribution in [2.45, 2.75) is 6.42 Å². The number of benzene rings is 1. The van der Waals surface area contributed by atoms with Gasteiger partial charge in [0.2, 0.25) is 0 Å². The van der Waals surface area contributed by atoms with E-state index in [0.29, 0.717) is 12.3 Å². The van der Waals surface area contributed by atoms with Crippen molar-refractivity contribution in [1.82, 2.24) is 0 Å². The van der Waals surface area contributed by atoms with Crippen molar-refractivity contribution in [3.05, 3.63) is 29.8 Å². The van der Waals surface area contributed by atoms with Gasteiger partial charge in [-0.05, 0) is 6.07 Å². The van der Waals surface area contributed by atoms with Gasteiger partial charge in [0.05, 0.1) is 12.9 Å². The third kappa shape index (κ3) is 2.47. The maximum atomic E-state index is 5.62. The lowest BCUT2D eigenvalue weighted by Gasteiger charge is -2.06. The van der Waals surface area contributed by atoms with Gasteiger partial charge in [0, 0.05) is 19.0 Å². The molecule has 1 aromatic rings. The van der Waals surface area contributed by atoms with Crippen LogP contribution in [0.4, 0.5) is 0 Å². The lowest BCUT2D eigenvalue weighted by atomic mass is 10.1. The Balaban J connectivity index is 2.87. The van der Waals surface area contributed by atoms with E-state index in [9.17, 15) is 0 Å². The second kappa shape index (κ2) is 4.50. The van der Waals surface area contributed by atoms with Crippen LogP contribution in [0.1, 0.15) is 5.56 Å². The van der Waals surface area contributed by atoms with Crippen molar-refractivity contribution < 1.29 is 4.74 Å². The predicted molar refractivity (Wildman–Crippen MR) is 54.2 cm³/mol. The first kappa shape index (κ1) is 9.58. The van der Waals surface area contributed by atoms with Crippen molar-refractivity contribution in [2.75, 3.05) is 14.2 Å². The molecule has 0 fully saturated rings. The zero-order valence-corrected chi connectivity index (χ0v) is 7.95. The van der Waals surface area contributed by atoms with E-state index < -0.39 is 0 Å². The summed E-state index contributed by atoms with van der Waals surface area (Å²) in [5.41, 5.74) is 6.69. The minimum atomic E-state index is 0.615. The van der Waals surface area contributed by atoms with Gasteiger partial charge in [-0.15, -0.1) is 0 Å². The minimum absolute atomic E-state index is 0.615. The number of ether oxygens (including phenoxy) is 1. The number of aliphatic imine (C=N–C) groups is 1. The fourth-order valence-electron chi connectivity index (χ4n) is 1.12. The van der Waals surface area contributed by atoms with E-state index in [1.165, 1.54) is 0 Å².